The topological polar surface area (TPSA) is 111 Å². The van der Waals surface area contributed by atoms with Gasteiger partial charge < -0.3 is 15.2 Å². The molecule has 0 spiro atoms. The minimum Gasteiger partial charge on any atom is -0.501 e. The van der Waals surface area contributed by atoms with Crippen LogP contribution in [0.15, 0.2) is 59.4 Å². The normalized spacial score (nSPS) is 11.2. The van der Waals surface area contributed by atoms with E-state index in [0.717, 1.165) is 10.1 Å². The van der Waals surface area contributed by atoms with Crippen LogP contribution in [0, 0.1) is 5.82 Å². The molecule has 0 radical (unpaired) electrons. The van der Waals surface area contributed by atoms with Gasteiger partial charge in [0, 0.05) is 13.6 Å². The smallest absolute Gasteiger partial charge is 0.319 e. The summed E-state index contributed by atoms with van der Waals surface area (Å²) in [4.78, 5) is 42.2. The number of benzene rings is 2. The SMILES string of the molecule is Cn1c(C(C)(C)C(=O)OCc2ccccc2)nc(C(=O)NCc2ccc(F)cc2)c(O)c1=O. The Balaban J connectivity index is 1.84. The molecule has 0 aliphatic heterocycles. The van der Waals surface area contributed by atoms with E-state index in [-0.39, 0.29) is 19.0 Å². The van der Waals surface area contributed by atoms with Crippen molar-refractivity contribution in [2.45, 2.75) is 32.4 Å². The van der Waals surface area contributed by atoms with Crippen molar-refractivity contribution in [1.82, 2.24) is 14.9 Å². The molecule has 2 aromatic carbocycles. The van der Waals surface area contributed by atoms with Gasteiger partial charge >= 0.3 is 5.97 Å². The number of carbonyl (C=O) groups is 2. The molecule has 3 rings (SSSR count). The van der Waals surface area contributed by atoms with Crippen LogP contribution in [0.2, 0.25) is 0 Å². The summed E-state index contributed by atoms with van der Waals surface area (Å²) in [5.74, 6) is -2.77. The zero-order valence-corrected chi connectivity index (χ0v) is 18.5. The summed E-state index contributed by atoms with van der Waals surface area (Å²) < 4.78 is 19.5. The molecule has 0 aliphatic rings. The summed E-state index contributed by atoms with van der Waals surface area (Å²) in [6, 6.07) is 14.6. The van der Waals surface area contributed by atoms with Crippen molar-refractivity contribution < 1.29 is 23.8 Å². The van der Waals surface area contributed by atoms with Crippen molar-refractivity contribution in [3.05, 3.63) is 93.4 Å². The summed E-state index contributed by atoms with van der Waals surface area (Å²) in [5.41, 5.74) is -1.40. The minimum absolute atomic E-state index is 0.0211. The average Bonchev–Trinajstić information content (AvgIpc) is 2.81. The average molecular weight is 453 g/mol. The molecule has 0 saturated heterocycles. The fourth-order valence-corrected chi connectivity index (χ4v) is 3.17. The van der Waals surface area contributed by atoms with E-state index in [1.165, 1.54) is 45.2 Å². The maximum Gasteiger partial charge on any atom is 0.319 e. The molecule has 33 heavy (non-hydrogen) atoms. The van der Waals surface area contributed by atoms with Crippen molar-refractivity contribution in [2.24, 2.45) is 7.05 Å². The molecular formula is C24H24FN3O5. The molecular weight excluding hydrogens is 429 g/mol. The third kappa shape index (κ3) is 5.25. The Bertz CT molecular complexity index is 1220. The quantitative estimate of drug-likeness (QED) is 0.532. The van der Waals surface area contributed by atoms with Crippen LogP contribution < -0.4 is 10.9 Å². The second-order valence-electron chi connectivity index (χ2n) is 7.99. The zero-order valence-electron chi connectivity index (χ0n) is 18.5. The van der Waals surface area contributed by atoms with Gasteiger partial charge in [0.25, 0.3) is 11.5 Å². The molecule has 1 aromatic heterocycles. The standard InChI is InChI=1S/C24H24FN3O5/c1-24(2,23(32)33-14-16-7-5-4-6-8-16)22-27-18(19(29)21(31)28(22)3)20(30)26-13-15-9-11-17(25)12-10-15/h4-12,29H,13-14H2,1-3H3,(H,26,30). The number of aromatic nitrogens is 2. The van der Waals surface area contributed by atoms with Crippen LogP contribution in [0.4, 0.5) is 4.39 Å². The number of rotatable bonds is 7. The number of nitrogens with one attached hydrogen (secondary N) is 1. The van der Waals surface area contributed by atoms with Crippen LogP contribution in [-0.2, 0) is 35.1 Å². The van der Waals surface area contributed by atoms with Crippen LogP contribution in [0.1, 0.15) is 41.3 Å². The highest BCUT2D eigenvalue weighted by atomic mass is 19.1. The van der Waals surface area contributed by atoms with Gasteiger partial charge in [-0.05, 0) is 37.1 Å². The van der Waals surface area contributed by atoms with Crippen LogP contribution in [0.25, 0.3) is 0 Å². The predicted molar refractivity (Wildman–Crippen MR) is 118 cm³/mol. The second-order valence-corrected chi connectivity index (χ2v) is 7.99. The number of esters is 1. The molecule has 9 heteroatoms. The predicted octanol–water partition coefficient (Wildman–Crippen LogP) is 2.58. The Morgan fingerprint density at radius 1 is 1.09 bits per heavy atom. The molecule has 172 valence electrons. The first-order valence-electron chi connectivity index (χ1n) is 10.2. The Morgan fingerprint density at radius 3 is 2.36 bits per heavy atom. The molecule has 8 nitrogen and oxygen atoms in total. The number of carbonyl (C=O) groups excluding carboxylic acids is 2. The van der Waals surface area contributed by atoms with Crippen molar-refractivity contribution in [3.63, 3.8) is 0 Å². The summed E-state index contributed by atoms with van der Waals surface area (Å²) in [7, 11) is 1.34. The third-order valence-electron chi connectivity index (χ3n) is 5.13. The number of nitrogens with zero attached hydrogens (tertiary/aromatic N) is 2. The van der Waals surface area contributed by atoms with E-state index >= 15 is 0 Å². The summed E-state index contributed by atoms with van der Waals surface area (Å²) in [5, 5.41) is 12.8. The Morgan fingerprint density at radius 2 is 1.73 bits per heavy atom. The van der Waals surface area contributed by atoms with Crippen molar-refractivity contribution in [1.29, 1.82) is 0 Å². The molecule has 0 saturated carbocycles. The zero-order chi connectivity index (χ0) is 24.2. The summed E-state index contributed by atoms with van der Waals surface area (Å²) in [6.45, 7) is 3.08. The number of amides is 1. The fraction of sp³-hybridized carbons (Fsp3) is 0.250. The van der Waals surface area contributed by atoms with Crippen molar-refractivity contribution in [2.75, 3.05) is 0 Å². The molecule has 1 heterocycles. The van der Waals surface area contributed by atoms with Crippen LogP contribution in [-0.4, -0.2) is 26.5 Å². The lowest BCUT2D eigenvalue weighted by atomic mass is 9.92. The molecule has 2 N–H and O–H groups in total. The minimum atomic E-state index is -1.40. The van der Waals surface area contributed by atoms with Gasteiger partial charge in [-0.2, -0.15) is 0 Å². The van der Waals surface area contributed by atoms with E-state index in [2.05, 4.69) is 10.3 Å². The maximum atomic E-state index is 13.1. The van der Waals surface area contributed by atoms with Crippen LogP contribution in [0.3, 0.4) is 0 Å². The highest BCUT2D eigenvalue weighted by molar-refractivity contribution is 5.95. The maximum absolute atomic E-state index is 13.1. The molecule has 3 aromatic rings. The van der Waals surface area contributed by atoms with Crippen molar-refractivity contribution in [3.8, 4) is 5.75 Å². The molecule has 0 aliphatic carbocycles. The first-order chi connectivity index (χ1) is 15.6. The Labute approximate surface area is 189 Å². The van der Waals surface area contributed by atoms with Crippen LogP contribution in [0.5, 0.6) is 5.75 Å². The Kier molecular flexibility index (Phi) is 6.91. The second kappa shape index (κ2) is 9.64. The summed E-state index contributed by atoms with van der Waals surface area (Å²) >= 11 is 0. The van der Waals surface area contributed by atoms with E-state index in [4.69, 9.17) is 4.74 Å². The van der Waals surface area contributed by atoms with Gasteiger partial charge in [0.05, 0.1) is 0 Å². The first kappa shape index (κ1) is 23.6. The number of ether oxygens (including phenoxy) is 1. The molecule has 0 atom stereocenters. The lowest BCUT2D eigenvalue weighted by molar-refractivity contribution is -0.151. The molecule has 1 amide bonds. The van der Waals surface area contributed by atoms with Gasteiger partial charge in [0.1, 0.15) is 23.7 Å². The molecule has 0 unspecified atom stereocenters. The Hall–Kier alpha value is -4.01. The molecule has 0 bridgehead atoms. The lowest BCUT2D eigenvalue weighted by Gasteiger charge is -2.24. The van der Waals surface area contributed by atoms with Gasteiger partial charge in [0.15, 0.2) is 5.69 Å². The number of halogens is 1. The molecule has 0 fully saturated rings. The monoisotopic (exact) mass is 453 g/mol. The van der Waals surface area contributed by atoms with Crippen molar-refractivity contribution >= 4 is 11.9 Å². The lowest BCUT2D eigenvalue weighted by Crippen LogP contribution is -2.40. The van der Waals surface area contributed by atoms with E-state index < -0.39 is 40.1 Å². The van der Waals surface area contributed by atoms with E-state index in [0.29, 0.717) is 5.56 Å². The third-order valence-corrected chi connectivity index (χ3v) is 5.13. The van der Waals surface area contributed by atoms with E-state index in [1.54, 1.807) is 12.1 Å². The van der Waals surface area contributed by atoms with E-state index in [1.807, 2.05) is 18.2 Å². The largest absolute Gasteiger partial charge is 0.501 e. The van der Waals surface area contributed by atoms with Gasteiger partial charge in [-0.1, -0.05) is 42.5 Å². The van der Waals surface area contributed by atoms with E-state index in [9.17, 15) is 23.9 Å². The van der Waals surface area contributed by atoms with Gasteiger partial charge in [0.2, 0.25) is 5.75 Å². The number of hydrogen-bond acceptors (Lipinski definition) is 6. The van der Waals surface area contributed by atoms with Gasteiger partial charge in [-0.25, -0.2) is 9.37 Å². The van der Waals surface area contributed by atoms with Crippen LogP contribution >= 0.6 is 0 Å². The number of hydrogen-bond donors (Lipinski definition) is 2. The number of aromatic hydroxyl groups is 1. The fourth-order valence-electron chi connectivity index (χ4n) is 3.17. The first-order valence-corrected chi connectivity index (χ1v) is 10.2. The van der Waals surface area contributed by atoms with Gasteiger partial charge in [-0.3, -0.25) is 19.0 Å². The van der Waals surface area contributed by atoms with Gasteiger partial charge in [-0.15, -0.1) is 0 Å². The highest BCUT2D eigenvalue weighted by Gasteiger charge is 2.37. The summed E-state index contributed by atoms with van der Waals surface area (Å²) in [6.07, 6.45) is 0. The highest BCUT2D eigenvalue weighted by Crippen LogP contribution is 2.24.